The Balaban J connectivity index is 1.85. The van der Waals surface area contributed by atoms with Gasteiger partial charge in [0.25, 0.3) is 0 Å². The lowest BCUT2D eigenvalue weighted by molar-refractivity contribution is 0.0868. The molecule has 0 spiro atoms. The van der Waals surface area contributed by atoms with Gasteiger partial charge in [-0.3, -0.25) is 0 Å². The normalized spacial score (nSPS) is 16.9. The van der Waals surface area contributed by atoms with Crippen LogP contribution in [0.2, 0.25) is 5.15 Å². The number of amides is 1. The molecule has 0 unspecified atom stereocenters. The first kappa shape index (κ1) is 11.9. The highest BCUT2D eigenvalue weighted by Gasteiger charge is 2.23. The minimum absolute atomic E-state index is 0.0129. The van der Waals surface area contributed by atoms with Crippen LogP contribution >= 0.6 is 11.6 Å². The van der Waals surface area contributed by atoms with Gasteiger partial charge in [0.1, 0.15) is 11.3 Å². The Bertz CT molecular complexity index is 390. The lowest BCUT2D eigenvalue weighted by atomic mass is 10.1. The number of halogens is 1. The number of aromatic nitrogens is 2. The van der Waals surface area contributed by atoms with E-state index in [-0.39, 0.29) is 6.10 Å². The first-order valence-electron chi connectivity index (χ1n) is 5.27. The SMILES string of the molecule is O=C(O)N1CCC(Oc2cnc(Cl)cn2)CC1. The third kappa shape index (κ3) is 3.20. The van der Waals surface area contributed by atoms with Gasteiger partial charge >= 0.3 is 6.09 Å². The van der Waals surface area contributed by atoms with Crippen LogP contribution in [0.3, 0.4) is 0 Å². The molecule has 7 heteroatoms. The molecule has 0 saturated carbocycles. The first-order chi connectivity index (χ1) is 8.15. The molecule has 1 amide bonds. The van der Waals surface area contributed by atoms with Crippen LogP contribution in [-0.2, 0) is 0 Å². The first-order valence-corrected chi connectivity index (χ1v) is 5.65. The molecule has 17 heavy (non-hydrogen) atoms. The van der Waals surface area contributed by atoms with Gasteiger partial charge in [-0.2, -0.15) is 0 Å². The Labute approximate surface area is 103 Å². The van der Waals surface area contributed by atoms with E-state index in [0.717, 1.165) is 0 Å². The van der Waals surface area contributed by atoms with Crippen molar-refractivity contribution in [2.45, 2.75) is 18.9 Å². The summed E-state index contributed by atoms with van der Waals surface area (Å²) in [5.41, 5.74) is 0. The molecular formula is C10H12ClN3O3. The molecule has 1 aromatic heterocycles. The number of hydrogen-bond donors (Lipinski definition) is 1. The summed E-state index contributed by atoms with van der Waals surface area (Å²) in [5, 5.41) is 9.11. The van der Waals surface area contributed by atoms with Crippen molar-refractivity contribution in [2.75, 3.05) is 13.1 Å². The van der Waals surface area contributed by atoms with Crippen molar-refractivity contribution in [3.8, 4) is 5.88 Å². The van der Waals surface area contributed by atoms with Crippen LogP contribution in [0.25, 0.3) is 0 Å². The number of carboxylic acid groups (broad SMARTS) is 1. The van der Waals surface area contributed by atoms with E-state index in [2.05, 4.69) is 9.97 Å². The molecule has 2 heterocycles. The summed E-state index contributed by atoms with van der Waals surface area (Å²) in [5.74, 6) is 0.420. The summed E-state index contributed by atoms with van der Waals surface area (Å²) in [6, 6.07) is 0. The second-order valence-electron chi connectivity index (χ2n) is 3.76. The van der Waals surface area contributed by atoms with Crippen molar-refractivity contribution in [1.29, 1.82) is 0 Å². The second kappa shape index (κ2) is 5.18. The average molecular weight is 258 g/mol. The van der Waals surface area contributed by atoms with Gasteiger partial charge in [-0.25, -0.2) is 14.8 Å². The van der Waals surface area contributed by atoms with E-state index in [9.17, 15) is 4.79 Å². The number of likely N-dealkylation sites (tertiary alicyclic amines) is 1. The maximum absolute atomic E-state index is 10.7. The van der Waals surface area contributed by atoms with Gasteiger partial charge in [-0.15, -0.1) is 0 Å². The van der Waals surface area contributed by atoms with Crippen LogP contribution in [0.4, 0.5) is 4.79 Å². The van der Waals surface area contributed by atoms with Gasteiger partial charge < -0.3 is 14.7 Å². The Hall–Kier alpha value is -1.56. The smallest absolute Gasteiger partial charge is 0.407 e. The zero-order chi connectivity index (χ0) is 12.3. The van der Waals surface area contributed by atoms with Crippen molar-refractivity contribution < 1.29 is 14.6 Å². The second-order valence-corrected chi connectivity index (χ2v) is 4.15. The lowest BCUT2D eigenvalue weighted by Gasteiger charge is -2.29. The van der Waals surface area contributed by atoms with Crippen LogP contribution in [0, 0.1) is 0 Å². The summed E-state index contributed by atoms with van der Waals surface area (Å²) in [4.78, 5) is 19.9. The third-order valence-corrected chi connectivity index (χ3v) is 2.79. The van der Waals surface area contributed by atoms with Crippen molar-refractivity contribution >= 4 is 17.7 Å². The predicted molar refractivity (Wildman–Crippen MR) is 60.3 cm³/mol. The monoisotopic (exact) mass is 257 g/mol. The zero-order valence-corrected chi connectivity index (χ0v) is 9.80. The van der Waals surface area contributed by atoms with Crippen LogP contribution in [-0.4, -0.2) is 45.3 Å². The topological polar surface area (TPSA) is 75.5 Å². The number of rotatable bonds is 2. The Morgan fingerprint density at radius 1 is 1.41 bits per heavy atom. The molecule has 92 valence electrons. The fourth-order valence-corrected chi connectivity index (χ4v) is 1.79. The quantitative estimate of drug-likeness (QED) is 0.872. The minimum Gasteiger partial charge on any atom is -0.473 e. The fraction of sp³-hybridized carbons (Fsp3) is 0.500. The molecule has 6 nitrogen and oxygen atoms in total. The van der Waals surface area contributed by atoms with Gasteiger partial charge in [0.2, 0.25) is 5.88 Å². The molecule has 0 atom stereocenters. The van der Waals surface area contributed by atoms with Gasteiger partial charge in [0, 0.05) is 25.9 Å². The van der Waals surface area contributed by atoms with Crippen LogP contribution in [0.1, 0.15) is 12.8 Å². The van der Waals surface area contributed by atoms with Crippen LogP contribution in [0.5, 0.6) is 5.88 Å². The van der Waals surface area contributed by atoms with E-state index in [0.29, 0.717) is 37.0 Å². The van der Waals surface area contributed by atoms with Crippen molar-refractivity contribution in [3.05, 3.63) is 17.5 Å². The highest BCUT2D eigenvalue weighted by molar-refractivity contribution is 6.29. The summed E-state index contributed by atoms with van der Waals surface area (Å²) in [6.45, 7) is 0.974. The molecule has 0 radical (unpaired) electrons. The van der Waals surface area contributed by atoms with Gasteiger partial charge in [-0.1, -0.05) is 11.6 Å². The molecule has 1 aliphatic heterocycles. The third-order valence-electron chi connectivity index (χ3n) is 2.60. The van der Waals surface area contributed by atoms with E-state index < -0.39 is 6.09 Å². The van der Waals surface area contributed by atoms with Crippen molar-refractivity contribution in [1.82, 2.24) is 14.9 Å². The van der Waals surface area contributed by atoms with Gasteiger partial charge in [0.05, 0.1) is 12.4 Å². The standard InChI is InChI=1S/C10H12ClN3O3/c11-8-5-13-9(6-12-8)17-7-1-3-14(4-2-7)10(15)16/h5-7H,1-4H2,(H,15,16). The molecule has 2 rings (SSSR count). The summed E-state index contributed by atoms with van der Waals surface area (Å²) in [7, 11) is 0. The van der Waals surface area contributed by atoms with E-state index in [4.69, 9.17) is 21.4 Å². The summed E-state index contributed by atoms with van der Waals surface area (Å²) < 4.78 is 5.59. The Morgan fingerprint density at radius 3 is 2.65 bits per heavy atom. The zero-order valence-electron chi connectivity index (χ0n) is 9.04. The van der Waals surface area contributed by atoms with E-state index >= 15 is 0 Å². The largest absolute Gasteiger partial charge is 0.473 e. The molecule has 0 aromatic carbocycles. The summed E-state index contributed by atoms with van der Waals surface area (Å²) in [6.07, 6.45) is 3.32. The van der Waals surface area contributed by atoms with Crippen LogP contribution < -0.4 is 4.74 Å². The fourth-order valence-electron chi connectivity index (χ4n) is 1.70. The maximum atomic E-state index is 10.7. The lowest BCUT2D eigenvalue weighted by Crippen LogP contribution is -2.41. The maximum Gasteiger partial charge on any atom is 0.407 e. The number of carbonyl (C=O) groups is 1. The highest BCUT2D eigenvalue weighted by atomic mass is 35.5. The van der Waals surface area contributed by atoms with E-state index in [1.165, 1.54) is 17.3 Å². The molecule has 1 aliphatic rings. The Morgan fingerprint density at radius 2 is 2.12 bits per heavy atom. The Kier molecular flexibility index (Phi) is 3.63. The molecule has 1 fully saturated rings. The highest BCUT2D eigenvalue weighted by Crippen LogP contribution is 2.17. The number of ether oxygens (including phenoxy) is 1. The molecule has 0 bridgehead atoms. The number of hydrogen-bond acceptors (Lipinski definition) is 4. The van der Waals surface area contributed by atoms with Crippen LogP contribution in [0.15, 0.2) is 12.4 Å². The minimum atomic E-state index is -0.880. The molecule has 0 aliphatic carbocycles. The molecule has 1 saturated heterocycles. The molecule has 1 aromatic rings. The van der Waals surface area contributed by atoms with E-state index in [1.54, 1.807) is 0 Å². The van der Waals surface area contributed by atoms with Crippen molar-refractivity contribution in [3.63, 3.8) is 0 Å². The molecular weight excluding hydrogens is 246 g/mol. The van der Waals surface area contributed by atoms with Gasteiger partial charge in [-0.05, 0) is 0 Å². The average Bonchev–Trinajstić information content (AvgIpc) is 2.33. The van der Waals surface area contributed by atoms with E-state index in [1.807, 2.05) is 0 Å². The van der Waals surface area contributed by atoms with Crippen molar-refractivity contribution in [2.24, 2.45) is 0 Å². The predicted octanol–water partition coefficient (Wildman–Crippen LogP) is 1.65. The summed E-state index contributed by atoms with van der Waals surface area (Å²) >= 11 is 5.61. The number of nitrogens with zero attached hydrogens (tertiary/aromatic N) is 3. The number of piperidine rings is 1. The van der Waals surface area contributed by atoms with Gasteiger partial charge in [0.15, 0.2) is 0 Å². The molecule has 1 N–H and O–H groups in total.